The fourth-order valence-electron chi connectivity index (χ4n) is 0.776. The molecule has 0 aromatic rings. The Morgan fingerprint density at radius 2 is 2.00 bits per heavy atom. The van der Waals surface area contributed by atoms with Gasteiger partial charge in [-0.25, -0.2) is 0 Å². The molecule has 0 aromatic carbocycles. The zero-order chi connectivity index (χ0) is 10.9. The molecule has 0 saturated carbocycles. The Morgan fingerprint density at radius 1 is 1.62 bits per heavy atom. The Labute approximate surface area is 77.4 Å². The van der Waals surface area contributed by atoms with E-state index < -0.39 is 26.7 Å². The maximum Gasteiger partial charge on any atom is 0.281 e. The Hall–Kier alpha value is -0.720. The van der Waals surface area contributed by atoms with Gasteiger partial charge in [0, 0.05) is 0 Å². The molecule has 0 fully saturated rings. The largest absolute Gasteiger partial charge is 0.312 e. The maximum absolute atomic E-state index is 11.1. The molecule has 0 rings (SSSR count). The van der Waals surface area contributed by atoms with Crippen LogP contribution in [0.1, 0.15) is 13.8 Å². The van der Waals surface area contributed by atoms with E-state index in [1.165, 1.54) is 13.8 Å². The van der Waals surface area contributed by atoms with Gasteiger partial charge in [0.2, 0.25) is 0 Å². The van der Waals surface area contributed by atoms with Crippen molar-refractivity contribution in [1.82, 2.24) is 0 Å². The minimum absolute atomic E-state index is 0.530. The average molecular weight is 207 g/mol. The van der Waals surface area contributed by atoms with Gasteiger partial charge in [-0.1, -0.05) is 6.58 Å². The van der Waals surface area contributed by atoms with Crippen LogP contribution < -0.4 is 5.73 Å². The Bertz CT molecular complexity index is 317. The van der Waals surface area contributed by atoms with Crippen LogP contribution in [0.15, 0.2) is 12.7 Å². The van der Waals surface area contributed by atoms with Crippen molar-refractivity contribution in [3.05, 3.63) is 12.7 Å². The third kappa shape index (κ3) is 2.61. The molecular weight excluding hydrogens is 194 g/mol. The number of hydrogen-bond acceptors (Lipinski definition) is 4. The first kappa shape index (κ1) is 12.3. The Balaban J connectivity index is 5.07. The third-order valence-corrected chi connectivity index (χ3v) is 3.08. The monoisotopic (exact) mass is 207 g/mol. The molecule has 0 amide bonds. The summed E-state index contributed by atoms with van der Waals surface area (Å²) in [5.41, 5.74) is 3.83. The average Bonchev–Trinajstić information content (AvgIpc) is 1.99. The van der Waals surface area contributed by atoms with Crippen molar-refractivity contribution < 1.29 is 17.8 Å². The van der Waals surface area contributed by atoms with Crippen molar-refractivity contribution in [1.29, 1.82) is 0 Å². The van der Waals surface area contributed by atoms with E-state index in [0.29, 0.717) is 0 Å². The molecule has 13 heavy (non-hydrogen) atoms. The first-order valence-corrected chi connectivity index (χ1v) is 5.03. The fourth-order valence-corrected chi connectivity index (χ4v) is 1.64. The second kappa shape index (κ2) is 3.57. The molecule has 0 radical (unpaired) electrons. The number of rotatable bonds is 4. The number of carbonyl (C=O) groups excluding carboxylic acids is 1. The van der Waals surface area contributed by atoms with Gasteiger partial charge < -0.3 is 5.73 Å². The standard InChI is InChI=1S/C7H13NO4S/c1-4-5(9)7(2,3)6(8)13(10,11)12/h4,6H,1,8H2,2-3H3,(H,10,11,12). The molecule has 5 nitrogen and oxygen atoms in total. The number of ketones is 1. The summed E-state index contributed by atoms with van der Waals surface area (Å²) in [6, 6.07) is 0. The van der Waals surface area contributed by atoms with E-state index in [2.05, 4.69) is 6.58 Å². The van der Waals surface area contributed by atoms with Crippen LogP contribution in [-0.4, -0.2) is 24.1 Å². The predicted octanol–water partition coefficient (Wildman–Crippen LogP) is -0.0597. The highest BCUT2D eigenvalue weighted by atomic mass is 32.2. The lowest BCUT2D eigenvalue weighted by Crippen LogP contribution is -2.47. The molecule has 0 aliphatic heterocycles. The smallest absolute Gasteiger partial charge is 0.281 e. The maximum atomic E-state index is 11.1. The molecule has 0 bridgehead atoms. The molecule has 6 heteroatoms. The molecule has 0 heterocycles. The second-order valence-electron chi connectivity index (χ2n) is 3.23. The summed E-state index contributed by atoms with van der Waals surface area (Å²) in [4.78, 5) is 11.1. The van der Waals surface area contributed by atoms with E-state index in [4.69, 9.17) is 10.3 Å². The van der Waals surface area contributed by atoms with E-state index in [1.54, 1.807) is 0 Å². The molecule has 0 aromatic heterocycles. The van der Waals surface area contributed by atoms with Crippen LogP contribution in [0, 0.1) is 5.41 Å². The van der Waals surface area contributed by atoms with Crippen LogP contribution in [0.4, 0.5) is 0 Å². The second-order valence-corrected chi connectivity index (χ2v) is 4.76. The normalized spacial score (nSPS) is 15.1. The van der Waals surface area contributed by atoms with E-state index in [9.17, 15) is 13.2 Å². The minimum Gasteiger partial charge on any atom is -0.312 e. The van der Waals surface area contributed by atoms with Crippen LogP contribution in [0.3, 0.4) is 0 Å². The van der Waals surface area contributed by atoms with Crippen LogP contribution in [-0.2, 0) is 14.9 Å². The molecule has 0 aliphatic carbocycles. The number of nitrogens with two attached hydrogens (primary N) is 1. The van der Waals surface area contributed by atoms with Crippen molar-refractivity contribution >= 4 is 15.9 Å². The van der Waals surface area contributed by atoms with Gasteiger partial charge in [0.05, 0.1) is 5.41 Å². The van der Waals surface area contributed by atoms with Gasteiger partial charge in [-0.15, -0.1) is 0 Å². The molecule has 0 spiro atoms. The lowest BCUT2D eigenvalue weighted by molar-refractivity contribution is -0.122. The van der Waals surface area contributed by atoms with E-state index in [0.717, 1.165) is 6.08 Å². The van der Waals surface area contributed by atoms with Crippen LogP contribution in [0.5, 0.6) is 0 Å². The van der Waals surface area contributed by atoms with Crippen molar-refractivity contribution in [3.8, 4) is 0 Å². The molecule has 1 unspecified atom stereocenters. The topological polar surface area (TPSA) is 97.5 Å². The van der Waals surface area contributed by atoms with Gasteiger partial charge in [-0.2, -0.15) is 8.42 Å². The number of allylic oxidation sites excluding steroid dienone is 1. The van der Waals surface area contributed by atoms with Gasteiger partial charge in [0.1, 0.15) is 5.37 Å². The first-order valence-electron chi connectivity index (χ1n) is 3.52. The summed E-state index contributed by atoms with van der Waals surface area (Å²) < 4.78 is 29.9. The molecule has 76 valence electrons. The molecule has 0 aliphatic rings. The Morgan fingerprint density at radius 3 is 2.23 bits per heavy atom. The summed E-state index contributed by atoms with van der Waals surface area (Å²) in [7, 11) is -4.41. The van der Waals surface area contributed by atoms with E-state index >= 15 is 0 Å². The minimum atomic E-state index is -4.41. The van der Waals surface area contributed by atoms with E-state index in [-0.39, 0.29) is 0 Å². The lowest BCUT2D eigenvalue weighted by atomic mass is 9.88. The number of carbonyl (C=O) groups is 1. The fraction of sp³-hybridized carbons (Fsp3) is 0.571. The quantitative estimate of drug-likeness (QED) is 0.497. The van der Waals surface area contributed by atoms with Crippen LogP contribution >= 0.6 is 0 Å². The van der Waals surface area contributed by atoms with Crippen LogP contribution in [0.2, 0.25) is 0 Å². The summed E-state index contributed by atoms with van der Waals surface area (Å²) in [6.45, 7) is 5.87. The van der Waals surface area contributed by atoms with E-state index in [1.807, 2.05) is 0 Å². The first-order chi connectivity index (χ1) is 5.64. The van der Waals surface area contributed by atoms with Gasteiger partial charge >= 0.3 is 0 Å². The molecular formula is C7H13NO4S. The zero-order valence-electron chi connectivity index (χ0n) is 7.52. The molecule has 0 saturated heterocycles. The molecule has 3 N–H and O–H groups in total. The predicted molar refractivity (Wildman–Crippen MR) is 48.5 cm³/mol. The third-order valence-electron chi connectivity index (χ3n) is 1.85. The van der Waals surface area contributed by atoms with Crippen LogP contribution in [0.25, 0.3) is 0 Å². The molecule has 1 atom stereocenters. The summed E-state index contributed by atoms with van der Waals surface area (Å²) >= 11 is 0. The van der Waals surface area contributed by atoms with Crippen molar-refractivity contribution in [3.63, 3.8) is 0 Å². The van der Waals surface area contributed by atoms with Gasteiger partial charge in [-0.05, 0) is 19.9 Å². The zero-order valence-corrected chi connectivity index (χ0v) is 8.34. The van der Waals surface area contributed by atoms with Gasteiger partial charge in [-0.3, -0.25) is 9.35 Å². The SMILES string of the molecule is C=CC(=O)C(C)(C)C(N)S(=O)(=O)O. The van der Waals surface area contributed by atoms with Gasteiger partial charge in [0.25, 0.3) is 10.1 Å². The number of hydrogen-bond donors (Lipinski definition) is 2. The highest BCUT2D eigenvalue weighted by molar-refractivity contribution is 7.86. The van der Waals surface area contributed by atoms with Crippen molar-refractivity contribution in [2.75, 3.05) is 0 Å². The van der Waals surface area contributed by atoms with Crippen molar-refractivity contribution in [2.45, 2.75) is 19.2 Å². The van der Waals surface area contributed by atoms with Crippen molar-refractivity contribution in [2.24, 2.45) is 11.1 Å². The highest BCUT2D eigenvalue weighted by Crippen LogP contribution is 2.23. The summed E-state index contributed by atoms with van der Waals surface area (Å²) in [5, 5.41) is -1.63. The summed E-state index contributed by atoms with van der Waals surface area (Å²) in [6.07, 6.45) is 0.977. The summed E-state index contributed by atoms with van der Waals surface area (Å²) in [5.74, 6) is -0.530. The Kier molecular flexibility index (Phi) is 3.37. The lowest BCUT2D eigenvalue weighted by Gasteiger charge is -2.25. The highest BCUT2D eigenvalue weighted by Gasteiger charge is 2.40. The van der Waals surface area contributed by atoms with Gasteiger partial charge in [0.15, 0.2) is 5.78 Å².